The van der Waals surface area contributed by atoms with Gasteiger partial charge in [0.2, 0.25) is 10.0 Å². The maximum absolute atomic E-state index is 13.6. The molecule has 2 aromatic carbocycles. The van der Waals surface area contributed by atoms with Gasteiger partial charge < -0.3 is 10.0 Å². The molecule has 0 unspecified atom stereocenters. The zero-order valence-corrected chi connectivity index (χ0v) is 19.3. The van der Waals surface area contributed by atoms with Crippen molar-refractivity contribution in [3.63, 3.8) is 0 Å². The number of carbonyl (C=O) groups is 1. The summed E-state index contributed by atoms with van der Waals surface area (Å²) in [5.41, 5.74) is 3.24. The molecule has 3 N–H and O–H groups in total. The Bertz CT molecular complexity index is 1130. The number of aromatic hydroxyl groups is 1. The topological polar surface area (TPSA) is 110 Å². The van der Waals surface area contributed by atoms with Crippen molar-refractivity contribution in [3.05, 3.63) is 76.5 Å². The van der Waals surface area contributed by atoms with Gasteiger partial charge in [0.25, 0.3) is 5.91 Å². The zero-order valence-electron chi connectivity index (χ0n) is 17.7. The Morgan fingerprint density at radius 1 is 1.06 bits per heavy atom. The van der Waals surface area contributed by atoms with E-state index >= 15 is 0 Å². The number of hydrogen-bond acceptors (Lipinski definition) is 7. The Hall–Kier alpha value is -2.92. The first-order valence-corrected chi connectivity index (χ1v) is 12.1. The molecule has 0 aliphatic rings. The highest BCUT2D eigenvalue weighted by Gasteiger charge is 2.36. The van der Waals surface area contributed by atoms with E-state index in [1.54, 1.807) is 23.7 Å². The summed E-state index contributed by atoms with van der Waals surface area (Å²) in [6.45, 7) is -0.0830. The van der Waals surface area contributed by atoms with E-state index in [1.807, 2.05) is 42.6 Å². The Balaban J connectivity index is 2.05. The second-order valence-electron chi connectivity index (χ2n) is 7.38. The molecule has 3 rings (SSSR count). The average Bonchev–Trinajstić information content (AvgIpc) is 3.29. The number of phenolic OH excluding ortho intramolecular Hbond substituents is 1. The molecule has 0 aliphatic heterocycles. The van der Waals surface area contributed by atoms with Crippen molar-refractivity contribution in [1.82, 2.24) is 9.79 Å². The molecule has 0 bridgehead atoms. The number of nitrogens with zero attached hydrogens (tertiary/aromatic N) is 2. The summed E-state index contributed by atoms with van der Waals surface area (Å²) in [5.74, 6) is -0.899. The lowest BCUT2D eigenvalue weighted by Crippen LogP contribution is -2.49. The lowest BCUT2D eigenvalue weighted by molar-refractivity contribution is -0.133. The number of thiophene rings is 1. The highest BCUT2D eigenvalue weighted by molar-refractivity contribution is 7.89. The molecule has 1 atom stereocenters. The predicted octanol–water partition coefficient (Wildman–Crippen LogP) is 2.83. The van der Waals surface area contributed by atoms with E-state index in [9.17, 15) is 23.5 Å². The van der Waals surface area contributed by atoms with Crippen LogP contribution < -0.4 is 10.4 Å². The quantitative estimate of drug-likeness (QED) is 0.324. The molecule has 0 spiro atoms. The Morgan fingerprint density at radius 2 is 1.72 bits per heavy atom. The molecule has 0 radical (unpaired) electrons. The van der Waals surface area contributed by atoms with E-state index in [4.69, 9.17) is 0 Å². The van der Waals surface area contributed by atoms with Crippen molar-refractivity contribution < 1.29 is 23.5 Å². The van der Waals surface area contributed by atoms with Crippen LogP contribution in [0.5, 0.6) is 5.75 Å². The van der Waals surface area contributed by atoms with Crippen molar-refractivity contribution in [2.75, 3.05) is 19.0 Å². The fourth-order valence-corrected chi connectivity index (χ4v) is 5.53. The number of benzene rings is 2. The van der Waals surface area contributed by atoms with Gasteiger partial charge in [0.05, 0.1) is 4.90 Å². The molecule has 0 saturated carbocycles. The van der Waals surface area contributed by atoms with E-state index in [1.165, 1.54) is 35.6 Å². The SMILES string of the molecule is CN(C)c1ccc(CN([C@H](Cc2cccs2)C(=O)NO)S(=O)(=O)c2ccc(O)cc2)cc1. The molecule has 1 amide bonds. The summed E-state index contributed by atoms with van der Waals surface area (Å²) in [5, 5.41) is 20.8. The number of phenols is 1. The summed E-state index contributed by atoms with van der Waals surface area (Å²) in [4.78, 5) is 15.3. The molecule has 10 heteroatoms. The van der Waals surface area contributed by atoms with E-state index < -0.39 is 22.0 Å². The molecular formula is C22H25N3O5S2. The summed E-state index contributed by atoms with van der Waals surface area (Å²) >= 11 is 1.39. The minimum absolute atomic E-state index is 0.0675. The van der Waals surface area contributed by atoms with Crippen molar-refractivity contribution >= 4 is 33.0 Å². The predicted molar refractivity (Wildman–Crippen MR) is 123 cm³/mol. The lowest BCUT2D eigenvalue weighted by atomic mass is 10.1. The Kier molecular flexibility index (Phi) is 7.52. The van der Waals surface area contributed by atoms with Crippen LogP contribution in [0.2, 0.25) is 0 Å². The number of amides is 1. The number of anilines is 1. The second-order valence-corrected chi connectivity index (χ2v) is 10.3. The van der Waals surface area contributed by atoms with Gasteiger partial charge in [-0.15, -0.1) is 11.3 Å². The highest BCUT2D eigenvalue weighted by Crippen LogP contribution is 2.26. The summed E-state index contributed by atoms with van der Waals surface area (Å²) in [7, 11) is -0.351. The smallest absolute Gasteiger partial charge is 0.262 e. The number of carbonyl (C=O) groups excluding carboxylic acids is 1. The van der Waals surface area contributed by atoms with E-state index in [-0.39, 0.29) is 23.6 Å². The Labute approximate surface area is 191 Å². The Morgan fingerprint density at radius 3 is 2.25 bits per heavy atom. The van der Waals surface area contributed by atoms with Gasteiger partial charge in [-0.1, -0.05) is 18.2 Å². The van der Waals surface area contributed by atoms with Crippen LogP contribution in [0.3, 0.4) is 0 Å². The maximum atomic E-state index is 13.6. The lowest BCUT2D eigenvalue weighted by Gasteiger charge is -2.29. The third-order valence-corrected chi connectivity index (χ3v) is 7.74. The van der Waals surface area contributed by atoms with Crippen LogP contribution >= 0.6 is 11.3 Å². The number of sulfonamides is 1. The largest absolute Gasteiger partial charge is 0.508 e. The van der Waals surface area contributed by atoms with Crippen LogP contribution in [-0.2, 0) is 27.8 Å². The fourth-order valence-electron chi connectivity index (χ4n) is 3.21. The van der Waals surface area contributed by atoms with Gasteiger partial charge in [-0.25, -0.2) is 13.9 Å². The molecule has 1 aromatic heterocycles. The minimum Gasteiger partial charge on any atom is -0.508 e. The second kappa shape index (κ2) is 10.1. The van der Waals surface area contributed by atoms with Crippen LogP contribution in [0, 0.1) is 0 Å². The van der Waals surface area contributed by atoms with E-state index in [0.29, 0.717) is 5.56 Å². The maximum Gasteiger partial charge on any atom is 0.262 e. The first-order valence-electron chi connectivity index (χ1n) is 9.76. The van der Waals surface area contributed by atoms with Gasteiger partial charge in [0, 0.05) is 37.6 Å². The van der Waals surface area contributed by atoms with Crippen molar-refractivity contribution in [1.29, 1.82) is 0 Å². The third kappa shape index (κ3) is 5.46. The first-order chi connectivity index (χ1) is 15.2. The molecule has 8 nitrogen and oxygen atoms in total. The standard InChI is InChI=1S/C22H25N3O5S2/c1-24(2)17-7-5-16(6-8-17)15-25(32(29,30)20-11-9-18(26)10-12-20)21(22(27)23-28)14-19-4-3-13-31-19/h3-13,21,26,28H,14-15H2,1-2H3,(H,23,27)/t21-/m1/s1. The molecule has 1 heterocycles. The van der Waals surface area contributed by atoms with Gasteiger partial charge >= 0.3 is 0 Å². The van der Waals surface area contributed by atoms with Crippen LogP contribution in [0.4, 0.5) is 5.69 Å². The third-order valence-electron chi connectivity index (χ3n) is 4.97. The van der Waals surface area contributed by atoms with Crippen LogP contribution in [0.25, 0.3) is 0 Å². The number of nitrogens with one attached hydrogen (secondary N) is 1. The fraction of sp³-hybridized carbons (Fsp3) is 0.227. The van der Waals surface area contributed by atoms with Crippen molar-refractivity contribution in [3.8, 4) is 5.75 Å². The van der Waals surface area contributed by atoms with Gasteiger partial charge in [-0.2, -0.15) is 4.31 Å². The molecule has 32 heavy (non-hydrogen) atoms. The van der Waals surface area contributed by atoms with Crippen LogP contribution in [0.1, 0.15) is 10.4 Å². The molecule has 170 valence electrons. The number of rotatable bonds is 9. The normalized spacial score (nSPS) is 12.5. The van der Waals surface area contributed by atoms with Gasteiger partial charge in [0.15, 0.2) is 0 Å². The molecule has 0 saturated heterocycles. The van der Waals surface area contributed by atoms with Gasteiger partial charge in [-0.3, -0.25) is 10.0 Å². The average molecular weight is 476 g/mol. The monoisotopic (exact) mass is 475 g/mol. The van der Waals surface area contributed by atoms with E-state index in [0.717, 1.165) is 14.9 Å². The molecule has 0 fully saturated rings. The van der Waals surface area contributed by atoms with Gasteiger partial charge in [0.1, 0.15) is 11.8 Å². The summed E-state index contributed by atoms with van der Waals surface area (Å²) in [6.07, 6.45) is 0.0944. The minimum atomic E-state index is -4.16. The summed E-state index contributed by atoms with van der Waals surface area (Å²) < 4.78 is 28.3. The number of hydrogen-bond donors (Lipinski definition) is 3. The molecular weight excluding hydrogens is 450 g/mol. The summed E-state index contributed by atoms with van der Waals surface area (Å²) in [6, 6.07) is 14.9. The van der Waals surface area contributed by atoms with Crippen LogP contribution in [-0.4, -0.2) is 49.1 Å². The highest BCUT2D eigenvalue weighted by atomic mass is 32.2. The molecule has 0 aliphatic carbocycles. The molecule has 3 aromatic rings. The first kappa shape index (κ1) is 23.7. The zero-order chi connectivity index (χ0) is 23.3. The number of hydroxylamine groups is 1. The van der Waals surface area contributed by atoms with Crippen LogP contribution in [0.15, 0.2) is 70.9 Å². The van der Waals surface area contributed by atoms with Crippen molar-refractivity contribution in [2.45, 2.75) is 23.9 Å². The van der Waals surface area contributed by atoms with Crippen molar-refractivity contribution in [2.24, 2.45) is 0 Å². The van der Waals surface area contributed by atoms with Gasteiger partial charge in [-0.05, 0) is 53.4 Å². The van der Waals surface area contributed by atoms with E-state index in [2.05, 4.69) is 0 Å².